The van der Waals surface area contributed by atoms with Crippen LogP contribution in [0, 0.1) is 0 Å². The second-order valence-corrected chi connectivity index (χ2v) is 7.98. The van der Waals surface area contributed by atoms with Gasteiger partial charge < -0.3 is 30.0 Å². The van der Waals surface area contributed by atoms with Gasteiger partial charge in [0.2, 0.25) is 5.91 Å². The minimum absolute atomic E-state index is 0.0471. The van der Waals surface area contributed by atoms with Crippen LogP contribution in [0.1, 0.15) is 24.5 Å². The molecule has 0 radical (unpaired) electrons. The average molecular weight is 457 g/mol. The maximum atomic E-state index is 12.1. The van der Waals surface area contributed by atoms with Crippen molar-refractivity contribution in [3.05, 3.63) is 71.8 Å². The highest BCUT2D eigenvalue weighted by atomic mass is 16.6. The third-order valence-electron chi connectivity index (χ3n) is 5.56. The lowest BCUT2D eigenvalue weighted by molar-refractivity contribution is -0.220. The SMILES string of the molecule is COC(=O)C[C@H]1O[C@H](CN)[C@@H](OCc2ccccc2)[C@H](OCc2ccccc2)[C@H]1NC(C)=O. The van der Waals surface area contributed by atoms with Gasteiger partial charge in [0.15, 0.2) is 0 Å². The molecule has 0 aromatic heterocycles. The number of amides is 1. The van der Waals surface area contributed by atoms with Crippen LogP contribution in [0.3, 0.4) is 0 Å². The lowest BCUT2D eigenvalue weighted by atomic mass is 9.90. The Bertz CT molecular complexity index is 879. The molecule has 1 heterocycles. The van der Waals surface area contributed by atoms with Crippen molar-refractivity contribution in [1.29, 1.82) is 0 Å². The van der Waals surface area contributed by atoms with Gasteiger partial charge in [0.25, 0.3) is 0 Å². The maximum absolute atomic E-state index is 12.1. The quantitative estimate of drug-likeness (QED) is 0.526. The minimum atomic E-state index is -0.674. The van der Waals surface area contributed by atoms with E-state index in [1.54, 1.807) is 0 Å². The van der Waals surface area contributed by atoms with Crippen LogP contribution in [0.5, 0.6) is 0 Å². The number of carbonyl (C=O) groups is 2. The first-order chi connectivity index (χ1) is 16.0. The molecule has 8 nitrogen and oxygen atoms in total. The summed E-state index contributed by atoms with van der Waals surface area (Å²) in [4.78, 5) is 24.1. The Labute approximate surface area is 194 Å². The first-order valence-corrected chi connectivity index (χ1v) is 11.0. The molecule has 178 valence electrons. The average Bonchev–Trinajstić information content (AvgIpc) is 2.83. The number of hydrogen-bond acceptors (Lipinski definition) is 7. The molecule has 1 aliphatic heterocycles. The van der Waals surface area contributed by atoms with Crippen LogP contribution in [0.2, 0.25) is 0 Å². The molecule has 0 bridgehead atoms. The summed E-state index contributed by atoms with van der Waals surface area (Å²) >= 11 is 0. The number of benzene rings is 2. The number of ether oxygens (including phenoxy) is 4. The smallest absolute Gasteiger partial charge is 0.308 e. The monoisotopic (exact) mass is 456 g/mol. The van der Waals surface area contributed by atoms with Crippen molar-refractivity contribution in [1.82, 2.24) is 5.32 Å². The van der Waals surface area contributed by atoms with Crippen LogP contribution in [0.25, 0.3) is 0 Å². The summed E-state index contributed by atoms with van der Waals surface area (Å²) in [7, 11) is 1.31. The van der Waals surface area contributed by atoms with Gasteiger partial charge in [0.05, 0.1) is 45.0 Å². The number of carbonyl (C=O) groups excluding carboxylic acids is 2. The lowest BCUT2D eigenvalue weighted by Crippen LogP contribution is -2.66. The van der Waals surface area contributed by atoms with E-state index in [1.165, 1.54) is 14.0 Å². The molecule has 1 fully saturated rings. The zero-order chi connectivity index (χ0) is 23.6. The fourth-order valence-electron chi connectivity index (χ4n) is 3.97. The summed E-state index contributed by atoms with van der Waals surface area (Å²) in [5.74, 6) is -0.712. The van der Waals surface area contributed by atoms with Gasteiger partial charge in [-0.25, -0.2) is 0 Å². The highest BCUT2D eigenvalue weighted by Gasteiger charge is 2.48. The number of rotatable bonds is 10. The van der Waals surface area contributed by atoms with Crippen molar-refractivity contribution in [2.75, 3.05) is 13.7 Å². The van der Waals surface area contributed by atoms with E-state index in [0.717, 1.165) is 11.1 Å². The second kappa shape index (κ2) is 12.5. The highest BCUT2D eigenvalue weighted by molar-refractivity contribution is 5.74. The Morgan fingerprint density at radius 1 is 0.909 bits per heavy atom. The van der Waals surface area contributed by atoms with Crippen molar-refractivity contribution in [3.8, 4) is 0 Å². The molecule has 8 heteroatoms. The first-order valence-electron chi connectivity index (χ1n) is 11.0. The molecule has 0 saturated carbocycles. The molecule has 2 aromatic carbocycles. The predicted octanol–water partition coefficient (Wildman–Crippen LogP) is 1.95. The van der Waals surface area contributed by atoms with Crippen molar-refractivity contribution in [3.63, 3.8) is 0 Å². The van der Waals surface area contributed by atoms with Gasteiger partial charge in [-0.1, -0.05) is 60.7 Å². The number of hydrogen-bond donors (Lipinski definition) is 2. The number of methoxy groups -OCH3 is 1. The van der Waals surface area contributed by atoms with E-state index in [9.17, 15) is 9.59 Å². The topological polar surface area (TPSA) is 109 Å². The molecule has 3 rings (SSSR count). The van der Waals surface area contributed by atoms with Gasteiger partial charge in [-0.15, -0.1) is 0 Å². The van der Waals surface area contributed by atoms with Gasteiger partial charge in [-0.05, 0) is 11.1 Å². The van der Waals surface area contributed by atoms with Crippen LogP contribution in [0.4, 0.5) is 0 Å². The van der Waals surface area contributed by atoms with Crippen molar-refractivity contribution < 1.29 is 28.5 Å². The molecule has 5 atom stereocenters. The van der Waals surface area contributed by atoms with Gasteiger partial charge in [0.1, 0.15) is 12.2 Å². The van der Waals surface area contributed by atoms with E-state index in [0.29, 0.717) is 13.2 Å². The van der Waals surface area contributed by atoms with E-state index in [2.05, 4.69) is 5.32 Å². The summed E-state index contributed by atoms with van der Waals surface area (Å²) in [5.41, 5.74) is 8.00. The molecule has 0 unspecified atom stereocenters. The third kappa shape index (κ3) is 7.10. The molecule has 2 aromatic rings. The van der Waals surface area contributed by atoms with Gasteiger partial charge >= 0.3 is 5.97 Å². The fourth-order valence-corrected chi connectivity index (χ4v) is 3.97. The Kier molecular flexibility index (Phi) is 9.38. The standard InChI is InChI=1S/C25H32N2O6/c1-17(28)27-23-20(13-22(29)30-2)33-21(14-26)24(31-15-18-9-5-3-6-10-18)25(23)32-16-19-11-7-4-8-12-19/h3-12,20-21,23-25H,13-16,26H2,1-2H3,(H,27,28)/t20-,21-,23+,24-,25-/m1/s1. The van der Waals surface area contributed by atoms with Gasteiger partial charge in [-0.2, -0.15) is 0 Å². The second-order valence-electron chi connectivity index (χ2n) is 7.98. The van der Waals surface area contributed by atoms with E-state index >= 15 is 0 Å². The zero-order valence-corrected chi connectivity index (χ0v) is 19.0. The molecule has 1 saturated heterocycles. The minimum Gasteiger partial charge on any atom is -0.469 e. The summed E-state index contributed by atoms with van der Waals surface area (Å²) in [5, 5.41) is 2.90. The highest BCUT2D eigenvalue weighted by Crippen LogP contribution is 2.29. The van der Waals surface area contributed by atoms with Crippen LogP contribution >= 0.6 is 0 Å². The van der Waals surface area contributed by atoms with E-state index in [1.807, 2.05) is 60.7 Å². The van der Waals surface area contributed by atoms with Crippen LogP contribution in [0.15, 0.2) is 60.7 Å². The lowest BCUT2D eigenvalue weighted by Gasteiger charge is -2.46. The molecule has 0 aliphatic carbocycles. The number of esters is 1. The predicted molar refractivity (Wildman–Crippen MR) is 122 cm³/mol. The normalized spacial score (nSPS) is 24.8. The molecule has 1 amide bonds. The number of nitrogens with one attached hydrogen (secondary N) is 1. The Morgan fingerprint density at radius 2 is 1.45 bits per heavy atom. The third-order valence-corrected chi connectivity index (χ3v) is 5.56. The Morgan fingerprint density at radius 3 is 1.94 bits per heavy atom. The molecular weight excluding hydrogens is 424 g/mol. The van der Waals surface area contributed by atoms with E-state index in [-0.39, 0.29) is 18.9 Å². The Balaban J connectivity index is 1.88. The molecule has 0 spiro atoms. The Hall–Kier alpha value is -2.78. The zero-order valence-electron chi connectivity index (χ0n) is 19.0. The molecule has 1 aliphatic rings. The fraction of sp³-hybridized carbons (Fsp3) is 0.440. The summed E-state index contributed by atoms with van der Waals surface area (Å²) < 4.78 is 23.6. The van der Waals surface area contributed by atoms with E-state index in [4.69, 9.17) is 24.7 Å². The summed E-state index contributed by atoms with van der Waals surface area (Å²) in [6.45, 7) is 2.20. The molecule has 33 heavy (non-hydrogen) atoms. The molecular formula is C25H32N2O6. The number of nitrogens with two attached hydrogens (primary N) is 1. The van der Waals surface area contributed by atoms with Gasteiger partial charge in [0, 0.05) is 13.5 Å². The maximum Gasteiger partial charge on any atom is 0.308 e. The van der Waals surface area contributed by atoms with Crippen LogP contribution < -0.4 is 11.1 Å². The first kappa shape index (κ1) is 24.9. The van der Waals surface area contributed by atoms with Crippen molar-refractivity contribution >= 4 is 11.9 Å². The summed E-state index contributed by atoms with van der Waals surface area (Å²) in [6.07, 6.45) is -2.42. The van der Waals surface area contributed by atoms with Crippen molar-refractivity contribution in [2.24, 2.45) is 5.73 Å². The van der Waals surface area contributed by atoms with Crippen LogP contribution in [-0.2, 0) is 41.8 Å². The summed E-state index contributed by atoms with van der Waals surface area (Å²) in [6, 6.07) is 18.8. The molecule has 3 N–H and O–H groups in total. The van der Waals surface area contributed by atoms with Crippen molar-refractivity contribution in [2.45, 2.75) is 57.0 Å². The van der Waals surface area contributed by atoms with E-state index < -0.39 is 36.4 Å². The van der Waals surface area contributed by atoms with Gasteiger partial charge in [-0.3, -0.25) is 9.59 Å². The van der Waals surface area contributed by atoms with Crippen LogP contribution in [-0.4, -0.2) is 56.0 Å². The largest absolute Gasteiger partial charge is 0.469 e.